The quantitative estimate of drug-likeness (QED) is 0.725. The highest BCUT2D eigenvalue weighted by molar-refractivity contribution is 5.45. The molecule has 1 fully saturated rings. The molecule has 1 aliphatic carbocycles. The Bertz CT molecular complexity index is 1060. The average molecular weight is 402 g/mol. The van der Waals surface area contributed by atoms with Gasteiger partial charge in [0, 0.05) is 37.1 Å². The summed E-state index contributed by atoms with van der Waals surface area (Å²) in [6.07, 6.45) is 8.88. The maximum absolute atomic E-state index is 12.8. The molecule has 1 aliphatic heterocycles. The van der Waals surface area contributed by atoms with Gasteiger partial charge in [0.05, 0.1) is 18.2 Å². The Labute approximate surface area is 175 Å². The number of fused-ring (bicyclic) bond motifs is 1. The minimum atomic E-state index is -0.662. The van der Waals surface area contributed by atoms with Crippen molar-refractivity contribution in [2.75, 3.05) is 11.4 Å². The lowest BCUT2D eigenvalue weighted by Crippen LogP contribution is -2.59. The zero-order valence-corrected chi connectivity index (χ0v) is 16.9. The maximum atomic E-state index is 12.8. The summed E-state index contributed by atoms with van der Waals surface area (Å²) in [4.78, 5) is 23.8. The molecule has 2 atom stereocenters. The van der Waals surface area contributed by atoms with Gasteiger partial charge in [0.25, 0.3) is 5.56 Å². The summed E-state index contributed by atoms with van der Waals surface area (Å²) in [7, 11) is 0. The number of hydrogen-bond donors (Lipinski definition) is 1. The molecule has 1 saturated carbocycles. The number of β-amino-alcohol motifs (C(OH)–C–C–N with tert-alkyl or cyclic N) is 1. The van der Waals surface area contributed by atoms with Crippen LogP contribution in [0.15, 0.2) is 71.9 Å². The largest absolute Gasteiger partial charge is 0.387 e. The second-order valence-corrected chi connectivity index (χ2v) is 8.37. The number of pyridine rings is 1. The Hall–Kier alpha value is -2.99. The maximum Gasteiger partial charge on any atom is 0.254 e. The van der Waals surface area contributed by atoms with Crippen molar-refractivity contribution in [3.63, 3.8) is 0 Å². The van der Waals surface area contributed by atoms with E-state index in [0.29, 0.717) is 19.0 Å². The van der Waals surface area contributed by atoms with E-state index in [0.717, 1.165) is 31.2 Å². The molecule has 1 unspecified atom stereocenters. The van der Waals surface area contributed by atoms with Crippen LogP contribution in [0.1, 0.15) is 48.8 Å². The van der Waals surface area contributed by atoms with E-state index in [2.05, 4.69) is 27.0 Å². The van der Waals surface area contributed by atoms with Crippen LogP contribution in [0.5, 0.6) is 0 Å². The topological polar surface area (TPSA) is 71.2 Å². The summed E-state index contributed by atoms with van der Waals surface area (Å²) in [6, 6.07) is 15.4. The van der Waals surface area contributed by atoms with Gasteiger partial charge in [0.1, 0.15) is 0 Å². The Balaban J connectivity index is 1.64. The van der Waals surface area contributed by atoms with Crippen molar-refractivity contribution in [2.45, 2.75) is 49.8 Å². The monoisotopic (exact) mass is 402 g/mol. The lowest BCUT2D eigenvalue weighted by atomic mass is 9.75. The van der Waals surface area contributed by atoms with Crippen LogP contribution >= 0.6 is 0 Å². The Morgan fingerprint density at radius 3 is 2.50 bits per heavy atom. The lowest BCUT2D eigenvalue weighted by Gasteiger charge is -2.52. The molecule has 0 amide bonds. The molecule has 0 bridgehead atoms. The molecular weight excluding hydrogens is 376 g/mol. The van der Waals surface area contributed by atoms with Gasteiger partial charge in [-0.3, -0.25) is 14.3 Å². The van der Waals surface area contributed by atoms with Gasteiger partial charge in [-0.05, 0) is 36.1 Å². The third kappa shape index (κ3) is 3.12. The summed E-state index contributed by atoms with van der Waals surface area (Å²) in [5, 5.41) is 11.1. The summed E-state index contributed by atoms with van der Waals surface area (Å²) in [5.74, 6) is 0.810. The predicted octanol–water partition coefficient (Wildman–Crippen LogP) is 3.29. The van der Waals surface area contributed by atoms with Gasteiger partial charge in [0.15, 0.2) is 0 Å². The van der Waals surface area contributed by atoms with E-state index in [4.69, 9.17) is 0 Å². The van der Waals surface area contributed by atoms with Crippen LogP contribution in [0.2, 0.25) is 0 Å². The zero-order chi connectivity index (χ0) is 20.6. The highest BCUT2D eigenvalue weighted by Gasteiger charge is 2.51. The minimum Gasteiger partial charge on any atom is -0.387 e. The van der Waals surface area contributed by atoms with Crippen molar-refractivity contribution < 1.29 is 5.11 Å². The summed E-state index contributed by atoms with van der Waals surface area (Å²) in [6.45, 7) is 1.01. The molecule has 154 valence electrons. The van der Waals surface area contributed by atoms with Crippen LogP contribution in [0.3, 0.4) is 0 Å². The molecule has 5 rings (SSSR count). The molecule has 1 spiro atoms. The molecule has 0 saturated heterocycles. The lowest BCUT2D eigenvalue weighted by molar-refractivity contribution is 0.157. The average Bonchev–Trinajstić information content (AvgIpc) is 3.27. The molecule has 3 heterocycles. The van der Waals surface area contributed by atoms with E-state index in [1.165, 1.54) is 11.6 Å². The normalized spacial score (nSPS) is 20.8. The molecule has 6 nitrogen and oxygen atoms in total. The van der Waals surface area contributed by atoms with E-state index in [-0.39, 0.29) is 17.0 Å². The molecule has 2 aliphatic rings. The van der Waals surface area contributed by atoms with Gasteiger partial charge in [-0.25, -0.2) is 4.98 Å². The first-order valence-electron chi connectivity index (χ1n) is 10.7. The fraction of sp³-hybridized carbons (Fsp3) is 0.375. The number of nitrogens with zero attached hydrogens (tertiary/aromatic N) is 4. The van der Waals surface area contributed by atoms with Gasteiger partial charge in [-0.15, -0.1) is 0 Å². The van der Waals surface area contributed by atoms with Crippen molar-refractivity contribution in [1.29, 1.82) is 0 Å². The van der Waals surface area contributed by atoms with Crippen molar-refractivity contribution in [3.05, 3.63) is 88.6 Å². The standard InChI is InChI=1S/C24H26N4O2/c29-21(19-6-2-1-3-7-19)17-28-23-26-15-10-22(30)27(23)16-20(18-8-13-25-14-9-18)24(28)11-4-5-12-24/h1-3,6-10,13-15,20-21,29H,4-5,11-12,16-17H2/t20?,21-/m1/s1. The minimum absolute atomic E-state index is 0.0499. The number of anilines is 1. The molecule has 3 aromatic rings. The third-order valence-corrected chi connectivity index (χ3v) is 6.83. The highest BCUT2D eigenvalue weighted by atomic mass is 16.3. The van der Waals surface area contributed by atoms with Crippen molar-refractivity contribution in [1.82, 2.24) is 14.5 Å². The summed E-state index contributed by atoms with van der Waals surface area (Å²) >= 11 is 0. The first kappa shape index (κ1) is 19.0. The molecule has 0 radical (unpaired) electrons. The van der Waals surface area contributed by atoms with Crippen LogP contribution < -0.4 is 10.5 Å². The zero-order valence-electron chi connectivity index (χ0n) is 16.9. The molecule has 1 N–H and O–H groups in total. The van der Waals surface area contributed by atoms with Crippen LogP contribution in [-0.2, 0) is 6.54 Å². The number of rotatable bonds is 4. The van der Waals surface area contributed by atoms with Gasteiger partial charge in [0.2, 0.25) is 5.95 Å². The van der Waals surface area contributed by atoms with E-state index in [1.807, 2.05) is 42.7 Å². The van der Waals surface area contributed by atoms with Gasteiger partial charge < -0.3 is 10.0 Å². The number of benzene rings is 1. The van der Waals surface area contributed by atoms with E-state index in [9.17, 15) is 9.90 Å². The third-order valence-electron chi connectivity index (χ3n) is 6.83. The molecule has 6 heteroatoms. The first-order valence-corrected chi connectivity index (χ1v) is 10.7. The van der Waals surface area contributed by atoms with Crippen molar-refractivity contribution >= 4 is 5.95 Å². The van der Waals surface area contributed by atoms with Crippen molar-refractivity contribution in [2.24, 2.45) is 0 Å². The second kappa shape index (κ2) is 7.69. The second-order valence-electron chi connectivity index (χ2n) is 8.37. The number of hydrogen-bond acceptors (Lipinski definition) is 5. The van der Waals surface area contributed by atoms with Gasteiger partial charge >= 0.3 is 0 Å². The SMILES string of the molecule is O=c1ccnc2n1CC(c1ccncc1)C1(CCCC1)N2C[C@@H](O)c1ccccc1. The molecule has 2 aromatic heterocycles. The van der Waals surface area contributed by atoms with E-state index in [1.54, 1.807) is 10.8 Å². The van der Waals surface area contributed by atoms with Crippen LogP contribution in [0, 0.1) is 0 Å². The molecular formula is C24H26N4O2. The fourth-order valence-electron chi connectivity index (χ4n) is 5.39. The smallest absolute Gasteiger partial charge is 0.254 e. The van der Waals surface area contributed by atoms with Crippen LogP contribution in [0.4, 0.5) is 5.95 Å². The Morgan fingerprint density at radius 2 is 1.77 bits per heavy atom. The molecule has 30 heavy (non-hydrogen) atoms. The van der Waals surface area contributed by atoms with Crippen LogP contribution in [0.25, 0.3) is 0 Å². The van der Waals surface area contributed by atoms with E-state index >= 15 is 0 Å². The fourth-order valence-corrected chi connectivity index (χ4v) is 5.39. The number of aliphatic hydroxyl groups is 1. The number of aliphatic hydroxyl groups excluding tert-OH is 1. The Kier molecular flexibility index (Phi) is 4.87. The van der Waals surface area contributed by atoms with Gasteiger partial charge in [-0.1, -0.05) is 43.2 Å². The number of aromatic nitrogens is 3. The first-order chi connectivity index (χ1) is 14.7. The van der Waals surface area contributed by atoms with Gasteiger partial charge in [-0.2, -0.15) is 0 Å². The summed E-state index contributed by atoms with van der Waals surface area (Å²) < 4.78 is 1.77. The van der Waals surface area contributed by atoms with Crippen molar-refractivity contribution in [3.8, 4) is 0 Å². The van der Waals surface area contributed by atoms with Crippen LogP contribution in [-0.4, -0.2) is 31.7 Å². The summed E-state index contributed by atoms with van der Waals surface area (Å²) in [5.41, 5.74) is 1.85. The highest BCUT2D eigenvalue weighted by Crippen LogP contribution is 2.50. The predicted molar refractivity (Wildman–Crippen MR) is 115 cm³/mol. The van der Waals surface area contributed by atoms with E-state index < -0.39 is 6.10 Å². The Morgan fingerprint density at radius 1 is 1.03 bits per heavy atom. The molecule has 1 aromatic carbocycles.